The van der Waals surface area contributed by atoms with Gasteiger partial charge in [0.25, 0.3) is 0 Å². The topological polar surface area (TPSA) is 4.93 Å². The number of fused-ring (bicyclic) bond motifs is 5. The zero-order valence-electron chi connectivity index (χ0n) is 28.1. The van der Waals surface area contributed by atoms with Gasteiger partial charge in [0.1, 0.15) is 0 Å². The Morgan fingerprint density at radius 2 is 1.10 bits per heavy atom. The summed E-state index contributed by atoms with van der Waals surface area (Å²) in [5, 5.41) is 9.12. The average molecular weight is 648 g/mol. The van der Waals surface area contributed by atoms with Gasteiger partial charge in [-0.2, -0.15) is 0 Å². The monoisotopic (exact) mass is 647 g/mol. The van der Waals surface area contributed by atoms with E-state index in [0.29, 0.717) is 5.92 Å². The van der Waals surface area contributed by atoms with Gasteiger partial charge in [-0.3, -0.25) is 0 Å². The maximum Gasteiger partial charge on any atom is 0.0616 e. The van der Waals surface area contributed by atoms with Crippen LogP contribution in [0.5, 0.6) is 0 Å². The molecule has 0 radical (unpaired) electrons. The van der Waals surface area contributed by atoms with Crippen LogP contribution in [0.4, 0.5) is 0 Å². The van der Waals surface area contributed by atoms with Crippen molar-refractivity contribution >= 4 is 55.4 Å². The summed E-state index contributed by atoms with van der Waals surface area (Å²) in [5.41, 5.74) is 14.1. The second-order valence-electron chi connectivity index (χ2n) is 14.0. The molecule has 1 heteroatoms. The lowest BCUT2D eigenvalue weighted by Crippen LogP contribution is -2.08. The van der Waals surface area contributed by atoms with Gasteiger partial charge in [-0.25, -0.2) is 0 Å². The van der Waals surface area contributed by atoms with Gasteiger partial charge in [-0.15, -0.1) is 0 Å². The van der Waals surface area contributed by atoms with Gasteiger partial charge < -0.3 is 4.57 Å². The van der Waals surface area contributed by atoms with Crippen molar-refractivity contribution in [3.8, 4) is 39.2 Å². The first-order chi connectivity index (χ1) is 25.3. The minimum absolute atomic E-state index is 0.396. The fourth-order valence-electron chi connectivity index (χ4n) is 9.10. The quantitative estimate of drug-likeness (QED) is 0.168. The standard InChI is InChI=1S/C50H33N/c1-4-14-32(15-5-1)46-38-22-10-11-23-39(38)47(33-16-6-2-7-17-33)43-30-36(28-29-41(43)46)45-31-44-40-24-12-18-34-26-27-35-19-13-25-42(49(35)48(34)40)50(44)51(45)37-20-8-3-9-21-37/h1-18,20-31,35H,19H2. The fraction of sp³-hybridized carbons (Fsp3) is 0.0400. The van der Waals surface area contributed by atoms with Crippen molar-refractivity contribution in [3.05, 3.63) is 187 Å². The van der Waals surface area contributed by atoms with Crippen LogP contribution in [0.2, 0.25) is 0 Å². The van der Waals surface area contributed by atoms with Gasteiger partial charge in [0.05, 0.1) is 11.2 Å². The Hall–Kier alpha value is -6.44. The SMILES string of the molecule is C1=Cc2c3c4c(cccc4c4cc(-c5ccc6c(-c7ccccc7)c7ccccc7c(-c7ccccc7)c6c5)n(-c5ccccc5)c24)C=CC3C1. The molecule has 1 aromatic heterocycles. The highest BCUT2D eigenvalue weighted by atomic mass is 15.0. The highest BCUT2D eigenvalue weighted by Gasteiger charge is 2.28. The third-order valence-electron chi connectivity index (χ3n) is 11.2. The molecular weight excluding hydrogens is 615 g/mol. The van der Waals surface area contributed by atoms with Gasteiger partial charge in [0.2, 0.25) is 0 Å². The third kappa shape index (κ3) is 4.16. The molecule has 11 rings (SSSR count). The van der Waals surface area contributed by atoms with Crippen molar-refractivity contribution in [2.45, 2.75) is 12.3 Å². The molecular formula is C50H33N. The normalized spacial score (nSPS) is 14.6. The molecule has 0 saturated carbocycles. The first-order valence-corrected chi connectivity index (χ1v) is 18.0. The molecule has 0 spiro atoms. The summed E-state index contributed by atoms with van der Waals surface area (Å²) in [4.78, 5) is 0. The number of aromatic nitrogens is 1. The largest absolute Gasteiger partial charge is 0.309 e. The van der Waals surface area contributed by atoms with Crippen molar-refractivity contribution in [2.24, 2.45) is 0 Å². The number of allylic oxidation sites excluding steroid dienone is 2. The van der Waals surface area contributed by atoms with Crippen molar-refractivity contribution < 1.29 is 0 Å². The Balaban J connectivity index is 1.30. The predicted molar refractivity (Wildman–Crippen MR) is 218 cm³/mol. The fourth-order valence-corrected chi connectivity index (χ4v) is 9.10. The van der Waals surface area contributed by atoms with Crippen LogP contribution >= 0.6 is 0 Å². The molecule has 0 saturated heterocycles. The lowest BCUT2D eigenvalue weighted by atomic mass is 9.78. The summed E-state index contributed by atoms with van der Waals surface area (Å²) in [5.74, 6) is 0.396. The van der Waals surface area contributed by atoms with E-state index in [-0.39, 0.29) is 0 Å². The molecule has 0 N–H and O–H groups in total. The smallest absolute Gasteiger partial charge is 0.0616 e. The highest BCUT2D eigenvalue weighted by molar-refractivity contribution is 6.22. The summed E-state index contributed by atoms with van der Waals surface area (Å²) < 4.78 is 2.53. The van der Waals surface area contributed by atoms with Crippen LogP contribution in [0.25, 0.3) is 94.6 Å². The molecule has 2 aliphatic rings. The predicted octanol–water partition coefficient (Wildman–Crippen LogP) is 13.6. The van der Waals surface area contributed by atoms with Crippen LogP contribution in [-0.2, 0) is 0 Å². The number of benzene rings is 8. The minimum Gasteiger partial charge on any atom is -0.309 e. The maximum atomic E-state index is 2.53. The summed E-state index contributed by atoms with van der Waals surface area (Å²) in [6.45, 7) is 0. The molecule has 1 nitrogen and oxygen atoms in total. The Morgan fingerprint density at radius 1 is 0.471 bits per heavy atom. The van der Waals surface area contributed by atoms with Crippen molar-refractivity contribution in [1.29, 1.82) is 0 Å². The van der Waals surface area contributed by atoms with E-state index in [1.165, 1.54) is 99.1 Å². The molecule has 2 aliphatic carbocycles. The van der Waals surface area contributed by atoms with Gasteiger partial charge in [0.15, 0.2) is 0 Å². The molecule has 1 heterocycles. The lowest BCUT2D eigenvalue weighted by Gasteiger charge is -2.27. The van der Waals surface area contributed by atoms with E-state index in [1.807, 2.05) is 0 Å². The number of para-hydroxylation sites is 1. The van der Waals surface area contributed by atoms with E-state index in [0.717, 1.165) is 6.42 Å². The van der Waals surface area contributed by atoms with Gasteiger partial charge in [0, 0.05) is 22.6 Å². The number of nitrogens with zero attached hydrogens (tertiary/aromatic N) is 1. The summed E-state index contributed by atoms with van der Waals surface area (Å²) in [6.07, 6.45) is 10.6. The maximum absolute atomic E-state index is 2.53. The van der Waals surface area contributed by atoms with Crippen molar-refractivity contribution in [1.82, 2.24) is 4.57 Å². The molecule has 9 aromatic rings. The molecule has 51 heavy (non-hydrogen) atoms. The van der Waals surface area contributed by atoms with E-state index in [4.69, 9.17) is 0 Å². The lowest BCUT2D eigenvalue weighted by molar-refractivity contribution is 0.861. The molecule has 0 aliphatic heterocycles. The summed E-state index contributed by atoms with van der Waals surface area (Å²) >= 11 is 0. The van der Waals surface area contributed by atoms with E-state index in [1.54, 1.807) is 0 Å². The van der Waals surface area contributed by atoms with E-state index in [9.17, 15) is 0 Å². The molecule has 0 amide bonds. The Labute approximate surface area is 297 Å². The number of rotatable bonds is 4. The van der Waals surface area contributed by atoms with Crippen LogP contribution in [0.1, 0.15) is 29.0 Å². The van der Waals surface area contributed by atoms with E-state index < -0.39 is 0 Å². The Bertz CT molecular complexity index is 2910. The number of hydrogen-bond acceptors (Lipinski definition) is 0. The molecule has 0 bridgehead atoms. The van der Waals surface area contributed by atoms with Crippen LogP contribution in [0, 0.1) is 0 Å². The van der Waals surface area contributed by atoms with Crippen LogP contribution in [0.3, 0.4) is 0 Å². The van der Waals surface area contributed by atoms with Gasteiger partial charge >= 0.3 is 0 Å². The van der Waals surface area contributed by atoms with Gasteiger partial charge in [-0.05, 0) is 102 Å². The Kier molecular flexibility index (Phi) is 6.15. The summed E-state index contributed by atoms with van der Waals surface area (Å²) in [7, 11) is 0. The number of hydrogen-bond donors (Lipinski definition) is 0. The van der Waals surface area contributed by atoms with E-state index >= 15 is 0 Å². The zero-order chi connectivity index (χ0) is 33.5. The Morgan fingerprint density at radius 3 is 1.82 bits per heavy atom. The zero-order valence-corrected chi connectivity index (χ0v) is 28.1. The molecule has 0 fully saturated rings. The van der Waals surface area contributed by atoms with E-state index in [2.05, 4.69) is 187 Å². The second-order valence-corrected chi connectivity index (χ2v) is 14.0. The average Bonchev–Trinajstić information content (AvgIpc) is 3.61. The minimum atomic E-state index is 0.396. The first-order valence-electron chi connectivity index (χ1n) is 18.0. The molecule has 8 aromatic carbocycles. The van der Waals surface area contributed by atoms with Crippen LogP contribution < -0.4 is 0 Å². The summed E-state index contributed by atoms with van der Waals surface area (Å²) in [6, 6.07) is 58.2. The van der Waals surface area contributed by atoms with Crippen LogP contribution in [0.15, 0.2) is 170 Å². The van der Waals surface area contributed by atoms with Gasteiger partial charge in [-0.1, -0.05) is 158 Å². The molecule has 1 unspecified atom stereocenters. The first kappa shape index (κ1) is 28.4. The molecule has 238 valence electrons. The second kappa shape index (κ2) is 11.0. The third-order valence-corrected chi connectivity index (χ3v) is 11.2. The van der Waals surface area contributed by atoms with Crippen LogP contribution in [-0.4, -0.2) is 4.57 Å². The molecule has 1 atom stereocenters. The van der Waals surface area contributed by atoms with Crippen molar-refractivity contribution in [3.63, 3.8) is 0 Å². The van der Waals surface area contributed by atoms with Crippen molar-refractivity contribution in [2.75, 3.05) is 0 Å². The highest BCUT2D eigenvalue weighted by Crippen LogP contribution is 2.49.